The lowest BCUT2D eigenvalue weighted by molar-refractivity contribution is -0.385. The predicted octanol–water partition coefficient (Wildman–Crippen LogP) is 3.49. The highest BCUT2D eigenvalue weighted by atomic mass is 32.1. The molecule has 1 heterocycles. The standard InChI is InChI=1S/C15H16N2O4S/c1-9(2)14(13-4-3-7-22-13)16-15(19)10-5-6-11(17(20)21)12(18)8-10/h3-9,14,18H,1-2H3,(H,16,19)/t14-/m1/s1. The third kappa shape index (κ3) is 3.43. The minimum absolute atomic E-state index is 0.148. The summed E-state index contributed by atoms with van der Waals surface area (Å²) in [6, 6.07) is 7.28. The van der Waals surface area contributed by atoms with Crippen LogP contribution in [0, 0.1) is 16.0 Å². The van der Waals surface area contributed by atoms with Crippen LogP contribution in [0.5, 0.6) is 5.75 Å². The van der Waals surface area contributed by atoms with Gasteiger partial charge in [0, 0.05) is 16.5 Å². The first kappa shape index (κ1) is 16.0. The van der Waals surface area contributed by atoms with Gasteiger partial charge in [-0.05, 0) is 29.5 Å². The maximum Gasteiger partial charge on any atom is 0.310 e. The number of rotatable bonds is 5. The van der Waals surface area contributed by atoms with Gasteiger partial charge in [-0.3, -0.25) is 14.9 Å². The highest BCUT2D eigenvalue weighted by Crippen LogP contribution is 2.28. The molecule has 1 amide bonds. The molecular formula is C15H16N2O4S. The van der Waals surface area contributed by atoms with Crippen LogP contribution in [0.3, 0.4) is 0 Å². The Labute approximate surface area is 131 Å². The molecule has 1 atom stereocenters. The van der Waals surface area contributed by atoms with Crippen LogP contribution in [0.4, 0.5) is 5.69 Å². The Hall–Kier alpha value is -2.41. The molecule has 0 aliphatic carbocycles. The van der Waals surface area contributed by atoms with Crippen LogP contribution in [0.1, 0.15) is 35.1 Å². The van der Waals surface area contributed by atoms with Crippen molar-refractivity contribution < 1.29 is 14.8 Å². The first-order valence-electron chi connectivity index (χ1n) is 6.72. The van der Waals surface area contributed by atoms with E-state index in [0.717, 1.165) is 17.0 Å². The van der Waals surface area contributed by atoms with Gasteiger partial charge < -0.3 is 10.4 Å². The number of nitro benzene ring substituents is 1. The molecule has 22 heavy (non-hydrogen) atoms. The van der Waals surface area contributed by atoms with Gasteiger partial charge in [-0.1, -0.05) is 19.9 Å². The maximum atomic E-state index is 12.3. The molecule has 0 saturated carbocycles. The molecule has 2 rings (SSSR count). The molecule has 6 nitrogen and oxygen atoms in total. The highest BCUT2D eigenvalue weighted by Gasteiger charge is 2.21. The smallest absolute Gasteiger partial charge is 0.310 e. The van der Waals surface area contributed by atoms with Gasteiger partial charge in [-0.25, -0.2) is 0 Å². The number of hydrogen-bond acceptors (Lipinski definition) is 5. The fraction of sp³-hybridized carbons (Fsp3) is 0.267. The van der Waals surface area contributed by atoms with E-state index in [9.17, 15) is 20.0 Å². The molecule has 116 valence electrons. The number of carbonyl (C=O) groups excluding carboxylic acids is 1. The molecular weight excluding hydrogens is 304 g/mol. The third-order valence-corrected chi connectivity index (χ3v) is 4.19. The predicted molar refractivity (Wildman–Crippen MR) is 84.1 cm³/mol. The molecule has 0 bridgehead atoms. The molecule has 7 heteroatoms. The Morgan fingerprint density at radius 3 is 2.59 bits per heavy atom. The molecule has 0 aliphatic rings. The van der Waals surface area contributed by atoms with Crippen molar-refractivity contribution in [1.82, 2.24) is 5.32 Å². The van der Waals surface area contributed by atoms with E-state index in [1.54, 1.807) is 11.3 Å². The lowest BCUT2D eigenvalue weighted by atomic mass is 10.0. The van der Waals surface area contributed by atoms with Crippen LogP contribution in [-0.4, -0.2) is 15.9 Å². The number of aromatic hydroxyl groups is 1. The lowest BCUT2D eigenvalue weighted by Gasteiger charge is -2.21. The lowest BCUT2D eigenvalue weighted by Crippen LogP contribution is -2.31. The normalized spacial score (nSPS) is 12.1. The molecule has 0 aliphatic heterocycles. The summed E-state index contributed by atoms with van der Waals surface area (Å²) in [4.78, 5) is 23.3. The Morgan fingerprint density at radius 1 is 1.36 bits per heavy atom. The number of nitro groups is 1. The van der Waals surface area contributed by atoms with E-state index in [2.05, 4.69) is 5.32 Å². The Kier molecular flexibility index (Phi) is 4.77. The van der Waals surface area contributed by atoms with E-state index in [4.69, 9.17) is 0 Å². The summed E-state index contributed by atoms with van der Waals surface area (Å²) in [5, 5.41) is 25.1. The average molecular weight is 320 g/mol. The zero-order chi connectivity index (χ0) is 16.3. The zero-order valence-electron chi connectivity index (χ0n) is 12.1. The summed E-state index contributed by atoms with van der Waals surface area (Å²) < 4.78 is 0. The molecule has 0 spiro atoms. The van der Waals surface area contributed by atoms with Gasteiger partial charge >= 0.3 is 5.69 Å². The average Bonchev–Trinajstić information content (AvgIpc) is 2.97. The van der Waals surface area contributed by atoms with Crippen LogP contribution in [0.25, 0.3) is 0 Å². The van der Waals surface area contributed by atoms with Gasteiger partial charge in [0.05, 0.1) is 11.0 Å². The number of phenolic OH excluding ortho intramolecular Hbond substituents is 1. The second-order valence-electron chi connectivity index (χ2n) is 5.17. The van der Waals surface area contributed by atoms with Crippen LogP contribution in [-0.2, 0) is 0 Å². The summed E-state index contributed by atoms with van der Waals surface area (Å²) in [7, 11) is 0. The van der Waals surface area contributed by atoms with Crippen LogP contribution < -0.4 is 5.32 Å². The zero-order valence-corrected chi connectivity index (χ0v) is 13.0. The van der Waals surface area contributed by atoms with Crippen molar-refractivity contribution in [2.45, 2.75) is 19.9 Å². The van der Waals surface area contributed by atoms with Gasteiger partial charge in [0.2, 0.25) is 0 Å². The molecule has 0 fully saturated rings. The van der Waals surface area contributed by atoms with E-state index < -0.39 is 16.4 Å². The fourth-order valence-electron chi connectivity index (χ4n) is 2.08. The van der Waals surface area contributed by atoms with Crippen LogP contribution in [0.15, 0.2) is 35.7 Å². The first-order valence-corrected chi connectivity index (χ1v) is 7.59. The number of nitrogens with zero attached hydrogens (tertiary/aromatic N) is 1. The van der Waals surface area contributed by atoms with Gasteiger partial charge in [0.15, 0.2) is 5.75 Å². The van der Waals surface area contributed by atoms with Gasteiger partial charge in [-0.15, -0.1) is 11.3 Å². The van der Waals surface area contributed by atoms with Gasteiger partial charge in [0.25, 0.3) is 5.91 Å². The number of thiophene rings is 1. The number of phenols is 1. The summed E-state index contributed by atoms with van der Waals surface area (Å²) in [5.41, 5.74) is -0.236. The molecule has 1 aromatic heterocycles. The van der Waals surface area contributed by atoms with E-state index in [0.29, 0.717) is 0 Å². The number of amides is 1. The summed E-state index contributed by atoms with van der Waals surface area (Å²) in [6.45, 7) is 4.00. The number of hydrogen-bond donors (Lipinski definition) is 2. The Balaban J connectivity index is 2.21. The van der Waals surface area contributed by atoms with Gasteiger partial charge in [-0.2, -0.15) is 0 Å². The minimum Gasteiger partial charge on any atom is -0.502 e. The molecule has 0 radical (unpaired) electrons. The highest BCUT2D eigenvalue weighted by molar-refractivity contribution is 7.10. The third-order valence-electron chi connectivity index (χ3n) is 3.24. The van der Waals surface area contributed by atoms with Crippen molar-refractivity contribution in [2.24, 2.45) is 5.92 Å². The molecule has 1 aromatic carbocycles. The molecule has 0 saturated heterocycles. The van der Waals surface area contributed by atoms with E-state index >= 15 is 0 Å². The fourth-order valence-corrected chi connectivity index (χ4v) is 3.03. The summed E-state index contributed by atoms with van der Waals surface area (Å²) in [6.07, 6.45) is 0. The monoisotopic (exact) mass is 320 g/mol. The minimum atomic E-state index is -0.695. The van der Waals surface area contributed by atoms with Crippen molar-refractivity contribution in [3.8, 4) is 5.75 Å². The van der Waals surface area contributed by atoms with Crippen molar-refractivity contribution in [3.05, 3.63) is 56.3 Å². The Bertz CT molecular complexity index is 683. The first-order chi connectivity index (χ1) is 10.4. The SMILES string of the molecule is CC(C)[C@@H](NC(=O)c1ccc([N+](=O)[O-])c(O)c1)c1cccs1. The van der Waals surface area contributed by atoms with Crippen molar-refractivity contribution in [3.63, 3.8) is 0 Å². The second kappa shape index (κ2) is 6.57. The summed E-state index contributed by atoms with van der Waals surface area (Å²) >= 11 is 1.55. The topological polar surface area (TPSA) is 92.5 Å². The molecule has 2 aromatic rings. The van der Waals surface area contributed by atoms with E-state index in [1.165, 1.54) is 6.07 Å². The molecule has 2 N–H and O–H groups in total. The van der Waals surface area contributed by atoms with Crippen molar-refractivity contribution in [1.29, 1.82) is 0 Å². The van der Waals surface area contributed by atoms with Crippen LogP contribution in [0.2, 0.25) is 0 Å². The van der Waals surface area contributed by atoms with E-state index in [1.807, 2.05) is 31.4 Å². The number of carbonyl (C=O) groups is 1. The van der Waals surface area contributed by atoms with E-state index in [-0.39, 0.29) is 23.4 Å². The maximum absolute atomic E-state index is 12.3. The van der Waals surface area contributed by atoms with Crippen molar-refractivity contribution in [2.75, 3.05) is 0 Å². The second-order valence-corrected chi connectivity index (χ2v) is 6.15. The molecule has 0 unspecified atom stereocenters. The number of benzene rings is 1. The quantitative estimate of drug-likeness (QED) is 0.651. The number of nitrogens with one attached hydrogen (secondary N) is 1. The Morgan fingerprint density at radius 2 is 2.09 bits per heavy atom. The van der Waals surface area contributed by atoms with Crippen molar-refractivity contribution >= 4 is 22.9 Å². The van der Waals surface area contributed by atoms with Crippen LogP contribution >= 0.6 is 11.3 Å². The summed E-state index contributed by atoms with van der Waals surface area (Å²) in [5.74, 6) is -0.707. The largest absolute Gasteiger partial charge is 0.502 e. The van der Waals surface area contributed by atoms with Gasteiger partial charge in [0.1, 0.15) is 0 Å².